The predicted octanol–water partition coefficient (Wildman–Crippen LogP) is 3.78. The highest BCUT2D eigenvalue weighted by Crippen LogP contribution is 2.23. The van der Waals surface area contributed by atoms with Gasteiger partial charge in [-0.3, -0.25) is 0 Å². The van der Waals surface area contributed by atoms with Crippen molar-refractivity contribution < 1.29 is 4.39 Å². The molecule has 0 spiro atoms. The molecule has 1 aliphatic rings. The second kappa shape index (κ2) is 6.33. The topological polar surface area (TPSA) is 12.0 Å². The third-order valence-corrected chi connectivity index (χ3v) is 4.11. The van der Waals surface area contributed by atoms with Crippen LogP contribution in [-0.4, -0.2) is 12.6 Å². The Kier molecular flexibility index (Phi) is 4.76. The van der Waals surface area contributed by atoms with Crippen LogP contribution in [0.2, 0.25) is 0 Å². The van der Waals surface area contributed by atoms with E-state index in [1.807, 2.05) is 12.1 Å². The fraction of sp³-hybridized carbons (Fsp3) is 0.625. The molecule has 1 aliphatic carbocycles. The lowest BCUT2D eigenvalue weighted by Gasteiger charge is -2.23. The van der Waals surface area contributed by atoms with Crippen molar-refractivity contribution in [2.24, 2.45) is 11.8 Å². The number of benzene rings is 1. The van der Waals surface area contributed by atoms with E-state index in [1.54, 1.807) is 12.1 Å². The van der Waals surface area contributed by atoms with Gasteiger partial charge < -0.3 is 5.32 Å². The fourth-order valence-corrected chi connectivity index (χ4v) is 2.34. The van der Waals surface area contributed by atoms with Crippen LogP contribution in [0.15, 0.2) is 24.3 Å². The monoisotopic (exact) mass is 249 g/mol. The van der Waals surface area contributed by atoms with E-state index in [0.717, 1.165) is 19.0 Å². The normalized spacial score (nSPS) is 18.6. The molecule has 0 aliphatic heterocycles. The third-order valence-electron chi connectivity index (χ3n) is 4.11. The molecule has 2 heteroatoms. The molecule has 0 heterocycles. The lowest BCUT2D eigenvalue weighted by Crippen LogP contribution is -2.30. The minimum atomic E-state index is -0.144. The molecule has 0 radical (unpaired) electrons. The highest BCUT2D eigenvalue weighted by molar-refractivity contribution is 5.16. The largest absolute Gasteiger partial charge is 0.314 e. The van der Waals surface area contributed by atoms with Gasteiger partial charge >= 0.3 is 0 Å². The van der Waals surface area contributed by atoms with Crippen LogP contribution in [0, 0.1) is 17.7 Å². The van der Waals surface area contributed by atoms with E-state index in [4.69, 9.17) is 0 Å². The highest BCUT2D eigenvalue weighted by Gasteiger charge is 2.23. The summed E-state index contributed by atoms with van der Waals surface area (Å²) >= 11 is 0. The van der Waals surface area contributed by atoms with Crippen LogP contribution < -0.4 is 5.32 Å². The molecule has 1 fully saturated rings. The zero-order valence-electron chi connectivity index (χ0n) is 11.5. The lowest BCUT2D eigenvalue weighted by molar-refractivity contribution is 0.328. The van der Waals surface area contributed by atoms with Crippen molar-refractivity contribution in [3.63, 3.8) is 0 Å². The number of rotatable bonds is 7. The van der Waals surface area contributed by atoms with E-state index in [2.05, 4.69) is 19.2 Å². The molecule has 2 unspecified atom stereocenters. The van der Waals surface area contributed by atoms with Crippen LogP contribution in [0.1, 0.15) is 38.7 Å². The fourth-order valence-electron chi connectivity index (χ4n) is 2.34. The first-order chi connectivity index (χ1) is 8.69. The first-order valence-corrected chi connectivity index (χ1v) is 7.17. The van der Waals surface area contributed by atoms with Gasteiger partial charge in [0, 0.05) is 6.04 Å². The third kappa shape index (κ3) is 4.09. The molecular formula is C16H24FN. The summed E-state index contributed by atoms with van der Waals surface area (Å²) in [5.41, 5.74) is 1.25. The van der Waals surface area contributed by atoms with Gasteiger partial charge in [-0.05, 0) is 55.3 Å². The molecule has 0 bridgehead atoms. The SMILES string of the molecule is CCC(C)C(CNC1CC1)Cc1ccc(F)cc1. The molecule has 100 valence electrons. The van der Waals surface area contributed by atoms with Gasteiger partial charge in [0.25, 0.3) is 0 Å². The van der Waals surface area contributed by atoms with Gasteiger partial charge in [-0.15, -0.1) is 0 Å². The second-order valence-corrected chi connectivity index (χ2v) is 5.66. The molecule has 18 heavy (non-hydrogen) atoms. The zero-order valence-corrected chi connectivity index (χ0v) is 11.5. The molecule has 2 rings (SSSR count). The average Bonchev–Trinajstić information content (AvgIpc) is 3.20. The number of nitrogens with one attached hydrogen (secondary N) is 1. The minimum Gasteiger partial charge on any atom is -0.314 e. The van der Waals surface area contributed by atoms with Crippen molar-refractivity contribution in [3.05, 3.63) is 35.6 Å². The number of hydrogen-bond acceptors (Lipinski definition) is 1. The molecule has 0 amide bonds. The predicted molar refractivity (Wildman–Crippen MR) is 74.1 cm³/mol. The Morgan fingerprint density at radius 1 is 1.28 bits per heavy atom. The smallest absolute Gasteiger partial charge is 0.123 e. The van der Waals surface area contributed by atoms with E-state index in [1.165, 1.54) is 24.8 Å². The van der Waals surface area contributed by atoms with Crippen LogP contribution in [-0.2, 0) is 6.42 Å². The van der Waals surface area contributed by atoms with Crippen molar-refractivity contribution in [2.75, 3.05) is 6.54 Å². The van der Waals surface area contributed by atoms with Crippen molar-refractivity contribution >= 4 is 0 Å². The lowest BCUT2D eigenvalue weighted by atomic mass is 9.86. The molecule has 1 aromatic carbocycles. The van der Waals surface area contributed by atoms with Crippen LogP contribution in [0.3, 0.4) is 0 Å². The molecule has 1 saturated carbocycles. The maximum atomic E-state index is 12.9. The first kappa shape index (κ1) is 13.5. The van der Waals surface area contributed by atoms with Crippen molar-refractivity contribution in [1.29, 1.82) is 0 Å². The van der Waals surface area contributed by atoms with E-state index in [0.29, 0.717) is 11.8 Å². The molecule has 1 aromatic rings. The average molecular weight is 249 g/mol. The van der Waals surface area contributed by atoms with Crippen molar-refractivity contribution in [3.8, 4) is 0 Å². The molecular weight excluding hydrogens is 225 g/mol. The van der Waals surface area contributed by atoms with Crippen LogP contribution >= 0.6 is 0 Å². The zero-order chi connectivity index (χ0) is 13.0. The summed E-state index contributed by atoms with van der Waals surface area (Å²) in [6.45, 7) is 5.67. The maximum Gasteiger partial charge on any atom is 0.123 e. The quantitative estimate of drug-likeness (QED) is 0.775. The van der Waals surface area contributed by atoms with Crippen LogP contribution in [0.25, 0.3) is 0 Å². The van der Waals surface area contributed by atoms with E-state index >= 15 is 0 Å². The summed E-state index contributed by atoms with van der Waals surface area (Å²) in [5.74, 6) is 1.22. The molecule has 0 saturated heterocycles. The number of hydrogen-bond donors (Lipinski definition) is 1. The number of halogens is 1. The van der Waals surface area contributed by atoms with Gasteiger partial charge in [-0.25, -0.2) is 4.39 Å². The van der Waals surface area contributed by atoms with Gasteiger partial charge in [-0.1, -0.05) is 32.4 Å². The molecule has 2 atom stereocenters. The molecule has 1 nitrogen and oxygen atoms in total. The summed E-state index contributed by atoms with van der Waals surface area (Å²) in [4.78, 5) is 0. The molecule has 0 aromatic heterocycles. The van der Waals surface area contributed by atoms with Crippen LogP contribution in [0.5, 0.6) is 0 Å². The minimum absolute atomic E-state index is 0.144. The molecule has 1 N–H and O–H groups in total. The van der Waals surface area contributed by atoms with Gasteiger partial charge in [0.05, 0.1) is 0 Å². The van der Waals surface area contributed by atoms with Crippen molar-refractivity contribution in [2.45, 2.75) is 45.6 Å². The van der Waals surface area contributed by atoms with Gasteiger partial charge in [0.1, 0.15) is 5.82 Å². The Balaban J connectivity index is 1.91. The van der Waals surface area contributed by atoms with E-state index < -0.39 is 0 Å². The summed E-state index contributed by atoms with van der Waals surface area (Å²) < 4.78 is 12.9. The first-order valence-electron chi connectivity index (χ1n) is 7.17. The Hall–Kier alpha value is -0.890. The highest BCUT2D eigenvalue weighted by atomic mass is 19.1. The Labute approximate surface area is 110 Å². The van der Waals surface area contributed by atoms with Gasteiger partial charge in [0.15, 0.2) is 0 Å². The Morgan fingerprint density at radius 3 is 2.50 bits per heavy atom. The standard InChI is InChI=1S/C16H24FN/c1-3-12(2)14(11-18-16-8-9-16)10-13-4-6-15(17)7-5-13/h4-7,12,14,16,18H,3,8-11H2,1-2H3. The summed E-state index contributed by atoms with van der Waals surface area (Å²) in [6, 6.07) is 7.74. The summed E-state index contributed by atoms with van der Waals surface area (Å²) in [5, 5.41) is 3.63. The van der Waals surface area contributed by atoms with Gasteiger partial charge in [-0.2, -0.15) is 0 Å². The van der Waals surface area contributed by atoms with E-state index in [-0.39, 0.29) is 5.82 Å². The van der Waals surface area contributed by atoms with Crippen molar-refractivity contribution in [1.82, 2.24) is 5.32 Å². The maximum absolute atomic E-state index is 12.9. The van der Waals surface area contributed by atoms with E-state index in [9.17, 15) is 4.39 Å². The van der Waals surface area contributed by atoms with Crippen LogP contribution in [0.4, 0.5) is 4.39 Å². The summed E-state index contributed by atoms with van der Waals surface area (Å²) in [7, 11) is 0. The Morgan fingerprint density at radius 2 is 1.94 bits per heavy atom. The van der Waals surface area contributed by atoms with Gasteiger partial charge in [0.2, 0.25) is 0 Å². The second-order valence-electron chi connectivity index (χ2n) is 5.66. The Bertz CT molecular complexity index is 356. The summed E-state index contributed by atoms with van der Waals surface area (Å²) in [6.07, 6.45) is 4.93.